The van der Waals surface area contributed by atoms with Gasteiger partial charge < -0.3 is 9.88 Å². The molecule has 100 valence electrons. The molecule has 0 saturated carbocycles. The van der Waals surface area contributed by atoms with E-state index in [0.29, 0.717) is 6.54 Å². The van der Waals surface area contributed by atoms with Gasteiger partial charge in [-0.05, 0) is 23.3 Å². The number of carbonyl (C=O) groups excluding carboxylic acids is 1. The minimum Gasteiger partial charge on any atom is -0.357 e. The van der Waals surface area contributed by atoms with Gasteiger partial charge in [0.25, 0.3) is 5.91 Å². The Balaban J connectivity index is 2.03. The second kappa shape index (κ2) is 6.39. The minimum absolute atomic E-state index is 0.104. The average molecular weight is 265 g/mol. The molecule has 0 unspecified atom stereocenters. The van der Waals surface area contributed by atoms with Crippen molar-refractivity contribution in [3.8, 4) is 6.07 Å². The van der Waals surface area contributed by atoms with Crippen molar-refractivity contribution < 1.29 is 4.79 Å². The fourth-order valence-electron chi connectivity index (χ4n) is 1.80. The highest BCUT2D eigenvalue weighted by molar-refractivity contribution is 6.01. The van der Waals surface area contributed by atoms with Gasteiger partial charge in [-0.15, -0.1) is 0 Å². The van der Waals surface area contributed by atoms with Crippen molar-refractivity contribution in [3.63, 3.8) is 0 Å². The maximum absolute atomic E-state index is 12.0. The van der Waals surface area contributed by atoms with Gasteiger partial charge in [-0.25, -0.2) is 0 Å². The number of nitrogens with zero attached hydrogens (tertiary/aromatic N) is 2. The van der Waals surface area contributed by atoms with E-state index < -0.39 is 0 Å². The van der Waals surface area contributed by atoms with Crippen LogP contribution >= 0.6 is 0 Å². The first-order valence-electron chi connectivity index (χ1n) is 6.25. The fourth-order valence-corrected chi connectivity index (χ4v) is 1.80. The minimum atomic E-state index is -0.361. The van der Waals surface area contributed by atoms with Crippen LogP contribution in [-0.4, -0.2) is 10.5 Å². The summed E-state index contributed by atoms with van der Waals surface area (Å²) >= 11 is 0. The lowest BCUT2D eigenvalue weighted by Crippen LogP contribution is -2.23. The molecule has 0 atom stereocenters. The van der Waals surface area contributed by atoms with Gasteiger partial charge in [-0.2, -0.15) is 5.26 Å². The number of carbonyl (C=O) groups is 1. The Kier molecular flexibility index (Phi) is 4.35. The highest BCUT2D eigenvalue weighted by atomic mass is 16.1. The molecule has 1 heterocycles. The number of nitrogens with one attached hydrogen (secondary N) is 1. The van der Waals surface area contributed by atoms with E-state index in [0.717, 1.165) is 11.1 Å². The van der Waals surface area contributed by atoms with E-state index >= 15 is 0 Å². The van der Waals surface area contributed by atoms with Crippen molar-refractivity contribution in [3.05, 3.63) is 65.5 Å². The van der Waals surface area contributed by atoms with E-state index in [-0.39, 0.29) is 11.5 Å². The van der Waals surface area contributed by atoms with Crippen molar-refractivity contribution in [1.29, 1.82) is 5.26 Å². The first-order valence-corrected chi connectivity index (χ1v) is 6.25. The van der Waals surface area contributed by atoms with Gasteiger partial charge >= 0.3 is 0 Å². The summed E-state index contributed by atoms with van der Waals surface area (Å²) in [5, 5.41) is 11.8. The van der Waals surface area contributed by atoms with Crippen LogP contribution in [-0.2, 0) is 18.4 Å². The SMILES string of the molecule is Cn1ccc(/C=C(\C#N)C(=O)NCc2ccccc2)c1. The summed E-state index contributed by atoms with van der Waals surface area (Å²) in [6, 6.07) is 13.4. The number of hydrogen-bond acceptors (Lipinski definition) is 2. The largest absolute Gasteiger partial charge is 0.357 e. The van der Waals surface area contributed by atoms with Gasteiger partial charge in [-0.1, -0.05) is 30.3 Å². The van der Waals surface area contributed by atoms with Crippen LogP contribution in [0.3, 0.4) is 0 Å². The third-order valence-electron chi connectivity index (χ3n) is 2.83. The number of nitriles is 1. The van der Waals surface area contributed by atoms with Crippen LogP contribution < -0.4 is 5.32 Å². The zero-order chi connectivity index (χ0) is 14.4. The molecule has 4 heteroatoms. The van der Waals surface area contributed by atoms with E-state index in [4.69, 9.17) is 5.26 Å². The Morgan fingerprint density at radius 1 is 1.35 bits per heavy atom. The Morgan fingerprint density at radius 2 is 2.10 bits per heavy atom. The van der Waals surface area contributed by atoms with Crippen LogP contribution in [0.1, 0.15) is 11.1 Å². The van der Waals surface area contributed by atoms with Crippen molar-refractivity contribution >= 4 is 12.0 Å². The smallest absolute Gasteiger partial charge is 0.262 e. The lowest BCUT2D eigenvalue weighted by atomic mass is 10.2. The number of benzene rings is 1. The zero-order valence-electron chi connectivity index (χ0n) is 11.2. The van der Waals surface area contributed by atoms with Crippen molar-refractivity contribution in [2.24, 2.45) is 7.05 Å². The summed E-state index contributed by atoms with van der Waals surface area (Å²) in [4.78, 5) is 12.0. The highest BCUT2D eigenvalue weighted by Gasteiger charge is 2.08. The monoisotopic (exact) mass is 265 g/mol. The molecule has 0 bridgehead atoms. The first kappa shape index (κ1) is 13.6. The van der Waals surface area contributed by atoms with E-state index in [1.54, 1.807) is 6.08 Å². The highest BCUT2D eigenvalue weighted by Crippen LogP contribution is 2.07. The summed E-state index contributed by atoms with van der Waals surface area (Å²) in [6.07, 6.45) is 5.30. The molecule has 1 amide bonds. The number of hydrogen-bond donors (Lipinski definition) is 1. The predicted octanol–water partition coefficient (Wildman–Crippen LogP) is 2.25. The normalized spacial score (nSPS) is 10.9. The number of aromatic nitrogens is 1. The number of aryl methyl sites for hydroxylation is 1. The van der Waals surface area contributed by atoms with Gasteiger partial charge in [0, 0.05) is 26.0 Å². The zero-order valence-corrected chi connectivity index (χ0v) is 11.2. The molecule has 20 heavy (non-hydrogen) atoms. The summed E-state index contributed by atoms with van der Waals surface area (Å²) in [5.74, 6) is -0.361. The number of amides is 1. The summed E-state index contributed by atoms with van der Waals surface area (Å²) < 4.78 is 1.86. The van der Waals surface area contributed by atoms with E-state index in [1.807, 2.05) is 66.5 Å². The topological polar surface area (TPSA) is 57.8 Å². The predicted molar refractivity (Wildman–Crippen MR) is 77.3 cm³/mol. The Morgan fingerprint density at radius 3 is 2.70 bits per heavy atom. The molecule has 2 rings (SSSR count). The summed E-state index contributed by atoms with van der Waals surface area (Å²) in [7, 11) is 1.89. The van der Waals surface area contributed by atoms with Crippen molar-refractivity contribution in [2.75, 3.05) is 0 Å². The van der Waals surface area contributed by atoms with Crippen LogP contribution in [0.2, 0.25) is 0 Å². The van der Waals surface area contributed by atoms with Crippen LogP contribution in [0.25, 0.3) is 6.08 Å². The van der Waals surface area contributed by atoms with Crippen LogP contribution in [0.15, 0.2) is 54.4 Å². The fraction of sp³-hybridized carbons (Fsp3) is 0.125. The third-order valence-corrected chi connectivity index (χ3v) is 2.83. The quantitative estimate of drug-likeness (QED) is 0.681. The molecule has 0 spiro atoms. The molecule has 4 nitrogen and oxygen atoms in total. The summed E-state index contributed by atoms with van der Waals surface area (Å²) in [5.41, 5.74) is 1.93. The van der Waals surface area contributed by atoms with Gasteiger partial charge in [0.1, 0.15) is 11.6 Å². The maximum Gasteiger partial charge on any atom is 0.262 e. The molecule has 1 N–H and O–H groups in total. The summed E-state index contributed by atoms with van der Waals surface area (Å²) in [6.45, 7) is 0.410. The van der Waals surface area contributed by atoms with E-state index in [2.05, 4.69) is 5.32 Å². The molecule has 0 saturated heterocycles. The second-order valence-corrected chi connectivity index (χ2v) is 4.45. The van der Waals surface area contributed by atoms with Crippen molar-refractivity contribution in [2.45, 2.75) is 6.54 Å². The molecule has 0 aliphatic heterocycles. The molecular formula is C16H15N3O. The molecular weight excluding hydrogens is 250 g/mol. The Hall–Kier alpha value is -2.80. The first-order chi connectivity index (χ1) is 9.69. The average Bonchev–Trinajstić information content (AvgIpc) is 2.88. The van der Waals surface area contributed by atoms with Crippen LogP contribution in [0.5, 0.6) is 0 Å². The van der Waals surface area contributed by atoms with E-state index in [9.17, 15) is 4.79 Å². The standard InChI is InChI=1S/C16H15N3O/c1-19-8-7-14(12-19)9-15(10-17)16(20)18-11-13-5-3-2-4-6-13/h2-9,12H,11H2,1H3,(H,18,20)/b15-9+. The maximum atomic E-state index is 12.0. The van der Waals surface area contributed by atoms with E-state index in [1.165, 1.54) is 0 Å². The molecule has 1 aromatic carbocycles. The Labute approximate surface area is 118 Å². The van der Waals surface area contributed by atoms with Crippen LogP contribution in [0, 0.1) is 11.3 Å². The third kappa shape index (κ3) is 3.59. The second-order valence-electron chi connectivity index (χ2n) is 4.45. The van der Waals surface area contributed by atoms with Gasteiger partial charge in [0.05, 0.1) is 0 Å². The Bertz CT molecular complexity index is 663. The van der Waals surface area contributed by atoms with Gasteiger partial charge in [-0.3, -0.25) is 4.79 Å². The molecule has 0 aliphatic rings. The van der Waals surface area contributed by atoms with Gasteiger partial charge in [0.2, 0.25) is 0 Å². The lowest BCUT2D eigenvalue weighted by molar-refractivity contribution is -0.117. The van der Waals surface area contributed by atoms with Crippen molar-refractivity contribution in [1.82, 2.24) is 9.88 Å². The number of rotatable bonds is 4. The lowest BCUT2D eigenvalue weighted by Gasteiger charge is -2.03. The van der Waals surface area contributed by atoms with Gasteiger partial charge in [0.15, 0.2) is 0 Å². The molecule has 1 aromatic heterocycles. The molecule has 0 aliphatic carbocycles. The molecule has 0 radical (unpaired) electrons. The molecule has 2 aromatic rings. The van der Waals surface area contributed by atoms with Crippen LogP contribution in [0.4, 0.5) is 0 Å². The molecule has 0 fully saturated rings.